The van der Waals surface area contributed by atoms with Gasteiger partial charge < -0.3 is 14.7 Å². The van der Waals surface area contributed by atoms with Crippen molar-refractivity contribution >= 4 is 17.4 Å². The van der Waals surface area contributed by atoms with Crippen molar-refractivity contribution in [1.82, 2.24) is 15.1 Å². The lowest BCUT2D eigenvalue weighted by atomic mass is 9.96. The molecule has 0 radical (unpaired) electrons. The highest BCUT2D eigenvalue weighted by atomic mass is 16.5. The average Bonchev–Trinajstić information content (AvgIpc) is 3.27. The smallest absolute Gasteiger partial charge is 0.226 e. The van der Waals surface area contributed by atoms with Crippen LogP contribution < -0.4 is 10.2 Å². The summed E-state index contributed by atoms with van der Waals surface area (Å²) in [6.07, 6.45) is 5.83. The molecule has 2 aromatic rings. The lowest BCUT2D eigenvalue weighted by Crippen LogP contribution is -2.19. The third-order valence-electron chi connectivity index (χ3n) is 4.40. The van der Waals surface area contributed by atoms with Crippen molar-refractivity contribution in [2.24, 2.45) is 0 Å². The maximum atomic E-state index is 12.1. The molecular weight excluding hydrogens is 330 g/mol. The molecule has 0 bridgehead atoms. The lowest BCUT2D eigenvalue weighted by Gasteiger charge is -2.16. The van der Waals surface area contributed by atoms with Gasteiger partial charge in [-0.1, -0.05) is 25.9 Å². The van der Waals surface area contributed by atoms with Gasteiger partial charge in [0.05, 0.1) is 11.9 Å². The zero-order valence-corrected chi connectivity index (χ0v) is 15.8. The highest BCUT2D eigenvalue weighted by Gasteiger charge is 2.20. The van der Waals surface area contributed by atoms with Gasteiger partial charge in [0, 0.05) is 31.3 Å². The predicted octanol–water partition coefficient (Wildman–Crippen LogP) is 3.32. The van der Waals surface area contributed by atoms with E-state index in [4.69, 9.17) is 4.52 Å². The van der Waals surface area contributed by atoms with E-state index < -0.39 is 0 Å². The summed E-state index contributed by atoms with van der Waals surface area (Å²) in [5, 5.41) is 6.88. The summed E-state index contributed by atoms with van der Waals surface area (Å²) in [4.78, 5) is 23.2. The van der Waals surface area contributed by atoms with Gasteiger partial charge in [0.15, 0.2) is 5.82 Å². The third kappa shape index (κ3) is 4.80. The molecule has 140 valence electrons. The number of nitrogens with one attached hydrogen (secondary N) is 1. The second kappa shape index (κ2) is 7.85. The number of pyridine rings is 1. The molecule has 3 heterocycles. The number of nitrogens with zero attached hydrogens (tertiary/aromatic N) is 4. The van der Waals surface area contributed by atoms with Crippen LogP contribution >= 0.6 is 0 Å². The van der Waals surface area contributed by atoms with E-state index in [9.17, 15) is 4.79 Å². The highest BCUT2D eigenvalue weighted by molar-refractivity contribution is 5.90. The Morgan fingerprint density at radius 1 is 1.27 bits per heavy atom. The minimum absolute atomic E-state index is 0.0312. The van der Waals surface area contributed by atoms with Crippen molar-refractivity contribution in [2.45, 2.75) is 58.3 Å². The van der Waals surface area contributed by atoms with Crippen molar-refractivity contribution < 1.29 is 9.32 Å². The molecule has 2 aromatic heterocycles. The summed E-state index contributed by atoms with van der Waals surface area (Å²) in [7, 11) is 0. The average molecular weight is 357 g/mol. The first-order valence-electron chi connectivity index (χ1n) is 9.26. The second-order valence-corrected chi connectivity index (χ2v) is 7.76. The van der Waals surface area contributed by atoms with Crippen LogP contribution in [-0.4, -0.2) is 34.1 Å². The van der Waals surface area contributed by atoms with E-state index >= 15 is 0 Å². The first-order valence-corrected chi connectivity index (χ1v) is 9.26. The second-order valence-electron chi connectivity index (χ2n) is 7.76. The summed E-state index contributed by atoms with van der Waals surface area (Å²) in [5.74, 6) is 2.23. The van der Waals surface area contributed by atoms with Crippen LogP contribution in [0.1, 0.15) is 58.2 Å². The highest BCUT2D eigenvalue weighted by Crippen LogP contribution is 2.20. The number of carbonyl (C=O) groups excluding carboxylic acids is 1. The molecule has 7 heteroatoms. The Morgan fingerprint density at radius 2 is 2.04 bits per heavy atom. The van der Waals surface area contributed by atoms with Gasteiger partial charge in [0.2, 0.25) is 11.8 Å². The SMILES string of the molecule is CC(C)(C)c1noc(CCCC(=O)Nc2ccc(N3CCCC3)nc2)n1. The van der Waals surface area contributed by atoms with Crippen molar-refractivity contribution in [3.63, 3.8) is 0 Å². The Morgan fingerprint density at radius 3 is 2.65 bits per heavy atom. The standard InChI is InChI=1S/C19H27N5O2/c1-19(2,3)18-22-17(26-23-18)8-6-7-16(25)21-14-9-10-15(20-13-14)24-11-4-5-12-24/h9-10,13H,4-8,11-12H2,1-3H3,(H,21,25). The van der Waals surface area contributed by atoms with E-state index in [1.165, 1.54) is 12.8 Å². The van der Waals surface area contributed by atoms with Crippen LogP contribution in [0.3, 0.4) is 0 Å². The van der Waals surface area contributed by atoms with Crippen molar-refractivity contribution in [1.29, 1.82) is 0 Å². The van der Waals surface area contributed by atoms with Gasteiger partial charge >= 0.3 is 0 Å². The van der Waals surface area contributed by atoms with Gasteiger partial charge in [-0.15, -0.1) is 0 Å². The summed E-state index contributed by atoms with van der Waals surface area (Å²) >= 11 is 0. The molecule has 1 aliphatic heterocycles. The molecule has 1 amide bonds. The van der Waals surface area contributed by atoms with E-state index in [0.717, 1.165) is 24.6 Å². The number of hydrogen-bond donors (Lipinski definition) is 1. The minimum atomic E-state index is -0.132. The van der Waals surface area contributed by atoms with Gasteiger partial charge in [-0.05, 0) is 31.4 Å². The largest absolute Gasteiger partial charge is 0.357 e. The molecule has 0 atom stereocenters. The van der Waals surface area contributed by atoms with Gasteiger partial charge in [0.1, 0.15) is 5.82 Å². The Hall–Kier alpha value is -2.44. The topological polar surface area (TPSA) is 84.2 Å². The molecular formula is C19H27N5O2. The summed E-state index contributed by atoms with van der Waals surface area (Å²) in [6, 6.07) is 3.87. The fraction of sp³-hybridized carbons (Fsp3) is 0.579. The number of anilines is 2. The molecule has 26 heavy (non-hydrogen) atoms. The van der Waals surface area contributed by atoms with Crippen LogP contribution in [0.5, 0.6) is 0 Å². The van der Waals surface area contributed by atoms with Gasteiger partial charge in [0.25, 0.3) is 0 Å². The van der Waals surface area contributed by atoms with Crippen LogP contribution in [0.15, 0.2) is 22.9 Å². The molecule has 1 saturated heterocycles. The fourth-order valence-corrected chi connectivity index (χ4v) is 2.88. The Balaban J connectivity index is 1.43. The number of amides is 1. The third-order valence-corrected chi connectivity index (χ3v) is 4.40. The van der Waals surface area contributed by atoms with Crippen molar-refractivity contribution in [3.8, 4) is 0 Å². The first kappa shape index (κ1) is 18.4. The van der Waals surface area contributed by atoms with Crippen LogP contribution in [0, 0.1) is 0 Å². The monoisotopic (exact) mass is 357 g/mol. The molecule has 1 fully saturated rings. The summed E-state index contributed by atoms with van der Waals surface area (Å²) < 4.78 is 5.25. The van der Waals surface area contributed by atoms with E-state index in [1.54, 1.807) is 6.20 Å². The first-order chi connectivity index (χ1) is 12.4. The maximum Gasteiger partial charge on any atom is 0.226 e. The summed E-state index contributed by atoms with van der Waals surface area (Å²) in [5.41, 5.74) is 0.596. The number of carbonyl (C=O) groups is 1. The van der Waals surface area contributed by atoms with Crippen LogP contribution in [-0.2, 0) is 16.6 Å². The van der Waals surface area contributed by atoms with E-state index in [2.05, 4.69) is 25.3 Å². The van der Waals surface area contributed by atoms with Gasteiger partial charge in [-0.2, -0.15) is 4.98 Å². The zero-order valence-electron chi connectivity index (χ0n) is 15.8. The number of aryl methyl sites for hydroxylation is 1. The van der Waals surface area contributed by atoms with Crippen LogP contribution in [0.2, 0.25) is 0 Å². The van der Waals surface area contributed by atoms with Crippen molar-refractivity contribution in [3.05, 3.63) is 30.0 Å². The quantitative estimate of drug-likeness (QED) is 0.854. The normalized spacial score (nSPS) is 14.7. The van der Waals surface area contributed by atoms with Gasteiger partial charge in [-0.3, -0.25) is 4.79 Å². The molecule has 3 rings (SSSR count). The molecule has 0 aliphatic carbocycles. The van der Waals surface area contributed by atoms with Crippen molar-refractivity contribution in [2.75, 3.05) is 23.3 Å². The van der Waals surface area contributed by atoms with E-state index in [0.29, 0.717) is 31.0 Å². The lowest BCUT2D eigenvalue weighted by molar-refractivity contribution is -0.116. The minimum Gasteiger partial charge on any atom is -0.357 e. The van der Waals surface area contributed by atoms with Crippen LogP contribution in [0.25, 0.3) is 0 Å². The van der Waals surface area contributed by atoms with E-state index in [-0.39, 0.29) is 11.3 Å². The Bertz CT molecular complexity index is 727. The number of aromatic nitrogens is 3. The molecule has 0 saturated carbocycles. The Kier molecular flexibility index (Phi) is 5.54. The summed E-state index contributed by atoms with van der Waals surface area (Å²) in [6.45, 7) is 8.24. The van der Waals surface area contributed by atoms with Crippen LogP contribution in [0.4, 0.5) is 11.5 Å². The predicted molar refractivity (Wildman–Crippen MR) is 100 cm³/mol. The number of hydrogen-bond acceptors (Lipinski definition) is 6. The molecule has 0 spiro atoms. The number of rotatable bonds is 6. The molecule has 1 aliphatic rings. The fourth-order valence-electron chi connectivity index (χ4n) is 2.88. The Labute approximate surface area is 154 Å². The molecule has 7 nitrogen and oxygen atoms in total. The molecule has 0 aromatic carbocycles. The van der Waals surface area contributed by atoms with Gasteiger partial charge in [-0.25, -0.2) is 4.98 Å². The molecule has 1 N–H and O–H groups in total. The zero-order chi connectivity index (χ0) is 18.6. The maximum absolute atomic E-state index is 12.1. The molecule has 0 unspecified atom stereocenters. The van der Waals surface area contributed by atoms with E-state index in [1.807, 2.05) is 32.9 Å².